The number of carbonyl (C=O) groups is 1. The molecule has 200 valence electrons. The SMILES string of the molecule is CC(C)c1cc(C(=O)Cn2c(=N)n(Cc3ccccc3)c3ccccc32)cc(C(C)C)c1N(C)S(C)(=O)=O. The van der Waals surface area contributed by atoms with Gasteiger partial charge >= 0.3 is 0 Å². The van der Waals surface area contributed by atoms with Crippen LogP contribution in [-0.2, 0) is 23.1 Å². The lowest BCUT2D eigenvalue weighted by molar-refractivity contribution is 0.0971. The summed E-state index contributed by atoms with van der Waals surface area (Å²) in [5.74, 6) is -0.110. The van der Waals surface area contributed by atoms with Crippen molar-refractivity contribution in [1.82, 2.24) is 9.13 Å². The summed E-state index contributed by atoms with van der Waals surface area (Å²) in [7, 11) is -1.92. The highest BCUT2D eigenvalue weighted by molar-refractivity contribution is 7.92. The lowest BCUT2D eigenvalue weighted by Crippen LogP contribution is -2.29. The Balaban J connectivity index is 1.81. The number of nitrogens with zero attached hydrogens (tertiary/aromatic N) is 3. The van der Waals surface area contributed by atoms with E-state index in [1.165, 1.54) is 10.6 Å². The van der Waals surface area contributed by atoms with E-state index in [-0.39, 0.29) is 29.8 Å². The van der Waals surface area contributed by atoms with Crippen molar-refractivity contribution in [3.63, 3.8) is 0 Å². The number of imidazole rings is 1. The Bertz CT molecular complexity index is 1620. The van der Waals surface area contributed by atoms with Crippen molar-refractivity contribution in [1.29, 1.82) is 5.41 Å². The van der Waals surface area contributed by atoms with Crippen molar-refractivity contribution in [2.45, 2.75) is 52.6 Å². The van der Waals surface area contributed by atoms with Crippen molar-refractivity contribution in [2.75, 3.05) is 17.6 Å². The van der Waals surface area contributed by atoms with Crippen LogP contribution in [-0.4, -0.2) is 36.6 Å². The molecule has 0 fully saturated rings. The molecule has 0 radical (unpaired) electrons. The average molecular weight is 533 g/mol. The molecule has 0 saturated carbocycles. The van der Waals surface area contributed by atoms with Gasteiger partial charge in [0.05, 0.1) is 36.1 Å². The lowest BCUT2D eigenvalue weighted by Gasteiger charge is -2.27. The summed E-state index contributed by atoms with van der Waals surface area (Å²) in [5.41, 5.74) is 5.84. The van der Waals surface area contributed by atoms with Gasteiger partial charge in [0.25, 0.3) is 0 Å². The summed E-state index contributed by atoms with van der Waals surface area (Å²) < 4.78 is 29.9. The second-order valence-corrected chi connectivity index (χ2v) is 12.5. The fraction of sp³-hybridized carbons (Fsp3) is 0.333. The Morgan fingerprint density at radius 3 is 1.87 bits per heavy atom. The summed E-state index contributed by atoms with van der Waals surface area (Å²) in [6.07, 6.45) is 1.19. The van der Waals surface area contributed by atoms with Crippen LogP contribution in [0.3, 0.4) is 0 Å². The van der Waals surface area contributed by atoms with Gasteiger partial charge in [-0.2, -0.15) is 0 Å². The molecule has 1 aromatic heterocycles. The van der Waals surface area contributed by atoms with Gasteiger partial charge in [-0.05, 0) is 52.8 Å². The molecule has 0 unspecified atom stereocenters. The van der Waals surface area contributed by atoms with Crippen LogP contribution >= 0.6 is 0 Å². The second kappa shape index (κ2) is 10.6. The number of sulfonamides is 1. The standard InChI is InChI=1S/C30H36N4O3S/c1-20(2)24-16-23(17-25(21(3)4)29(24)32(5)38(6,36)37)28(35)19-34-27-15-11-10-14-26(27)33(30(34)31)18-22-12-8-7-9-13-22/h7-17,20-21,31H,18-19H2,1-6H3. The van der Waals surface area contributed by atoms with E-state index in [1.54, 1.807) is 11.6 Å². The van der Waals surface area contributed by atoms with Crippen molar-refractivity contribution in [3.8, 4) is 0 Å². The predicted octanol–water partition coefficient (Wildman–Crippen LogP) is 5.50. The lowest BCUT2D eigenvalue weighted by atomic mass is 9.89. The topological polar surface area (TPSA) is 88.2 Å². The van der Waals surface area contributed by atoms with Gasteiger partial charge in [0.2, 0.25) is 15.6 Å². The maximum Gasteiger partial charge on any atom is 0.232 e. The largest absolute Gasteiger partial charge is 0.306 e. The molecule has 0 saturated heterocycles. The number of anilines is 1. The van der Waals surface area contributed by atoms with E-state index in [1.807, 2.05) is 99.0 Å². The van der Waals surface area contributed by atoms with Crippen LogP contribution in [0.15, 0.2) is 66.7 Å². The van der Waals surface area contributed by atoms with E-state index in [2.05, 4.69) is 0 Å². The normalized spacial score (nSPS) is 12.0. The van der Waals surface area contributed by atoms with Crippen molar-refractivity contribution in [2.24, 2.45) is 0 Å². The van der Waals surface area contributed by atoms with Crippen LogP contribution < -0.4 is 9.92 Å². The van der Waals surface area contributed by atoms with Crippen LogP contribution in [0.2, 0.25) is 0 Å². The zero-order valence-electron chi connectivity index (χ0n) is 22.9. The van der Waals surface area contributed by atoms with Crippen molar-refractivity contribution in [3.05, 3.63) is 94.6 Å². The fourth-order valence-electron chi connectivity index (χ4n) is 4.87. The Kier molecular flexibility index (Phi) is 7.65. The van der Waals surface area contributed by atoms with Crippen LogP contribution in [0, 0.1) is 5.41 Å². The highest BCUT2D eigenvalue weighted by Gasteiger charge is 2.25. The minimum atomic E-state index is -3.49. The molecule has 0 aliphatic heterocycles. The van der Waals surface area contributed by atoms with Crippen molar-refractivity contribution >= 4 is 32.5 Å². The van der Waals surface area contributed by atoms with Crippen LogP contribution in [0.1, 0.15) is 66.6 Å². The third-order valence-electron chi connectivity index (χ3n) is 7.01. The average Bonchev–Trinajstić information content (AvgIpc) is 3.13. The van der Waals surface area contributed by atoms with E-state index < -0.39 is 10.0 Å². The summed E-state index contributed by atoms with van der Waals surface area (Å²) >= 11 is 0. The first-order valence-electron chi connectivity index (χ1n) is 12.8. The Hall–Kier alpha value is -3.65. The quantitative estimate of drug-likeness (QED) is 0.289. The van der Waals surface area contributed by atoms with Gasteiger partial charge < -0.3 is 9.13 Å². The number of benzene rings is 3. The van der Waals surface area contributed by atoms with Gasteiger partial charge in [0.1, 0.15) is 0 Å². The first-order valence-corrected chi connectivity index (χ1v) is 14.7. The molecule has 4 aromatic rings. The number of Topliss-reactive ketones (excluding diaryl/α,β-unsaturated/α-hetero) is 1. The van der Waals surface area contributed by atoms with Gasteiger partial charge in [0.15, 0.2) is 5.78 Å². The molecule has 7 nitrogen and oxygen atoms in total. The minimum Gasteiger partial charge on any atom is -0.306 e. The molecule has 0 spiro atoms. The van der Waals surface area contributed by atoms with Crippen LogP contribution in [0.4, 0.5) is 5.69 Å². The number of ketones is 1. The third kappa shape index (κ3) is 5.31. The molecule has 1 N–H and O–H groups in total. The van der Waals surface area contributed by atoms with Gasteiger partial charge in [-0.15, -0.1) is 0 Å². The fourth-order valence-corrected chi connectivity index (χ4v) is 5.41. The van der Waals surface area contributed by atoms with E-state index in [0.717, 1.165) is 27.7 Å². The van der Waals surface area contributed by atoms with Gasteiger partial charge in [-0.25, -0.2) is 8.42 Å². The summed E-state index contributed by atoms with van der Waals surface area (Å²) in [4.78, 5) is 13.8. The van der Waals surface area contributed by atoms with Crippen LogP contribution in [0.5, 0.6) is 0 Å². The van der Waals surface area contributed by atoms with E-state index >= 15 is 0 Å². The molecule has 0 aliphatic rings. The van der Waals surface area contributed by atoms with Gasteiger partial charge in [-0.3, -0.25) is 14.5 Å². The number of rotatable bonds is 9. The zero-order chi connectivity index (χ0) is 27.8. The number of aromatic nitrogens is 2. The van der Waals surface area contributed by atoms with Crippen molar-refractivity contribution < 1.29 is 13.2 Å². The number of para-hydroxylation sites is 2. The maximum atomic E-state index is 13.8. The molecule has 38 heavy (non-hydrogen) atoms. The molecule has 0 amide bonds. The van der Waals surface area contributed by atoms with E-state index in [9.17, 15) is 13.2 Å². The number of nitrogens with one attached hydrogen (secondary N) is 1. The van der Waals surface area contributed by atoms with Gasteiger partial charge in [-0.1, -0.05) is 70.2 Å². The van der Waals surface area contributed by atoms with Gasteiger partial charge in [0, 0.05) is 12.6 Å². The number of fused-ring (bicyclic) bond motifs is 1. The summed E-state index contributed by atoms with van der Waals surface area (Å²) in [6, 6.07) is 21.4. The first-order chi connectivity index (χ1) is 17.9. The van der Waals surface area contributed by atoms with E-state index in [0.29, 0.717) is 17.8 Å². The Morgan fingerprint density at radius 2 is 1.37 bits per heavy atom. The highest BCUT2D eigenvalue weighted by atomic mass is 32.2. The monoisotopic (exact) mass is 532 g/mol. The zero-order valence-corrected chi connectivity index (χ0v) is 23.7. The predicted molar refractivity (Wildman–Crippen MR) is 154 cm³/mol. The molecule has 8 heteroatoms. The second-order valence-electron chi connectivity index (χ2n) is 10.4. The van der Waals surface area contributed by atoms with Crippen LogP contribution in [0.25, 0.3) is 11.0 Å². The Morgan fingerprint density at radius 1 is 0.868 bits per heavy atom. The number of hydrogen-bond donors (Lipinski definition) is 1. The molecular formula is C30H36N4O3S. The highest BCUT2D eigenvalue weighted by Crippen LogP contribution is 2.37. The molecule has 0 aliphatic carbocycles. The molecular weight excluding hydrogens is 496 g/mol. The third-order valence-corrected chi connectivity index (χ3v) is 8.18. The summed E-state index contributed by atoms with van der Waals surface area (Å²) in [6.45, 7) is 8.55. The first kappa shape index (κ1) is 27.4. The van der Waals surface area contributed by atoms with E-state index in [4.69, 9.17) is 5.41 Å². The summed E-state index contributed by atoms with van der Waals surface area (Å²) in [5, 5.41) is 8.96. The molecule has 3 aromatic carbocycles. The maximum absolute atomic E-state index is 13.8. The molecule has 0 atom stereocenters. The molecule has 4 rings (SSSR count). The Labute approximate surface area is 224 Å². The number of carbonyl (C=O) groups excluding carboxylic acids is 1. The molecule has 1 heterocycles. The molecule has 0 bridgehead atoms. The minimum absolute atomic E-state index is 0.00613. The smallest absolute Gasteiger partial charge is 0.232 e. The number of hydrogen-bond acceptors (Lipinski definition) is 4.